The molecule has 0 spiro atoms. The molecule has 0 aromatic carbocycles. The minimum absolute atomic E-state index is 0.137. The molecule has 0 aromatic heterocycles. The molecule has 0 saturated carbocycles. The van der Waals surface area contributed by atoms with Gasteiger partial charge in [-0.05, 0) is 0 Å². The maximum atomic E-state index is 11.7. The van der Waals surface area contributed by atoms with Crippen LogP contribution in [-0.2, 0) is 4.79 Å². The molecule has 0 bridgehead atoms. The average Bonchev–Trinajstić information content (AvgIpc) is 2.47. The van der Waals surface area contributed by atoms with E-state index in [0.29, 0.717) is 0 Å². The van der Waals surface area contributed by atoms with E-state index in [1.54, 1.807) is 0 Å². The Morgan fingerprint density at radius 1 is 1.41 bits per heavy atom. The summed E-state index contributed by atoms with van der Waals surface area (Å²) < 4.78 is -0.285. The molecule has 3 amide bonds. The van der Waals surface area contributed by atoms with Crippen LogP contribution < -0.4 is 0 Å². The van der Waals surface area contributed by atoms with E-state index in [1.807, 2.05) is 0 Å². The van der Waals surface area contributed by atoms with Gasteiger partial charge >= 0.3 is 6.03 Å². The van der Waals surface area contributed by atoms with Gasteiger partial charge in [-0.15, -0.1) is 6.58 Å². The lowest BCUT2D eigenvalue weighted by molar-refractivity contribution is -0.119. The fourth-order valence-corrected chi connectivity index (χ4v) is 1.33. The highest BCUT2D eigenvalue weighted by Gasteiger charge is 2.39. The lowest BCUT2D eigenvalue weighted by atomic mass is 10.5. The maximum absolute atomic E-state index is 11.7. The zero-order valence-corrected chi connectivity index (χ0v) is 11.1. The second kappa shape index (κ2) is 5.53. The van der Waals surface area contributed by atoms with Gasteiger partial charge in [0.1, 0.15) is 4.49 Å². The third kappa shape index (κ3) is 2.80. The largest absolute Gasteiger partial charge is 0.332 e. The predicted octanol–water partition coefficient (Wildman–Crippen LogP) is 2.31. The summed E-state index contributed by atoms with van der Waals surface area (Å²) in [6.07, 6.45) is 1.46. The van der Waals surface area contributed by atoms with Gasteiger partial charge < -0.3 is 0 Å². The number of hydrogen-bond donors (Lipinski definition) is 0. The van der Waals surface area contributed by atoms with Gasteiger partial charge in [-0.3, -0.25) is 14.6 Å². The monoisotopic (exact) mass is 295 g/mol. The normalized spacial score (nSPS) is 18.0. The van der Waals surface area contributed by atoms with Crippen LogP contribution in [0.25, 0.3) is 0 Å². The minimum Gasteiger partial charge on any atom is -0.269 e. The lowest BCUT2D eigenvalue weighted by Gasteiger charge is -2.11. The van der Waals surface area contributed by atoms with Gasteiger partial charge in [0.2, 0.25) is 5.84 Å². The molecule has 0 radical (unpaired) electrons. The third-order valence-corrected chi connectivity index (χ3v) is 2.77. The number of halogens is 3. The molecule has 8 heteroatoms. The first-order valence-corrected chi connectivity index (χ1v) is 5.53. The SMILES string of the molecule is C=CCN1C(=O)N(C)C(=O)/C1=N\C(Cl)=C(Cl)Cl. The molecule has 0 aromatic rings. The average molecular weight is 297 g/mol. The van der Waals surface area contributed by atoms with E-state index in [9.17, 15) is 9.59 Å². The van der Waals surface area contributed by atoms with Crippen LogP contribution in [0, 0.1) is 0 Å². The molecule has 92 valence electrons. The van der Waals surface area contributed by atoms with Crippen molar-refractivity contribution >= 4 is 52.6 Å². The number of amidine groups is 1. The molecule has 1 heterocycles. The van der Waals surface area contributed by atoms with Crippen LogP contribution in [0.1, 0.15) is 0 Å². The summed E-state index contributed by atoms with van der Waals surface area (Å²) >= 11 is 16.4. The van der Waals surface area contributed by atoms with E-state index >= 15 is 0 Å². The number of nitrogens with zero attached hydrogens (tertiary/aromatic N) is 3. The van der Waals surface area contributed by atoms with E-state index in [-0.39, 0.29) is 22.0 Å². The number of hydrogen-bond acceptors (Lipinski definition) is 3. The first-order valence-electron chi connectivity index (χ1n) is 4.40. The summed E-state index contributed by atoms with van der Waals surface area (Å²) in [7, 11) is 1.34. The molecule has 1 aliphatic rings. The molecule has 1 saturated heterocycles. The molecular formula is C9H8Cl3N3O2. The van der Waals surface area contributed by atoms with Crippen molar-refractivity contribution < 1.29 is 9.59 Å². The van der Waals surface area contributed by atoms with Crippen LogP contribution in [0.2, 0.25) is 0 Å². The van der Waals surface area contributed by atoms with Gasteiger partial charge in [0.15, 0.2) is 5.16 Å². The number of imide groups is 1. The van der Waals surface area contributed by atoms with Crippen molar-refractivity contribution in [1.82, 2.24) is 9.80 Å². The summed E-state index contributed by atoms with van der Waals surface area (Å²) in [5.74, 6) is -0.717. The number of amides is 3. The van der Waals surface area contributed by atoms with E-state index in [1.165, 1.54) is 13.1 Å². The number of carbonyl (C=O) groups excluding carboxylic acids is 2. The van der Waals surface area contributed by atoms with E-state index < -0.39 is 11.9 Å². The summed E-state index contributed by atoms with van der Waals surface area (Å²) in [6.45, 7) is 3.62. The molecule has 5 nitrogen and oxygen atoms in total. The second-order valence-electron chi connectivity index (χ2n) is 3.03. The predicted molar refractivity (Wildman–Crippen MR) is 67.1 cm³/mol. The number of rotatable bonds is 3. The quantitative estimate of drug-likeness (QED) is 0.456. The van der Waals surface area contributed by atoms with Gasteiger partial charge in [-0.1, -0.05) is 40.9 Å². The standard InChI is InChI=1S/C9H8Cl3N3O2/c1-3-4-15-7(13-6(12)5(10)11)8(16)14(2)9(15)17/h3H,1,4H2,2H3/b13-7+. The Bertz CT molecular complexity index is 441. The van der Waals surface area contributed by atoms with Crippen molar-refractivity contribution in [3.05, 3.63) is 22.3 Å². The highest BCUT2D eigenvalue weighted by atomic mass is 35.5. The molecule has 1 aliphatic heterocycles. The zero-order valence-electron chi connectivity index (χ0n) is 8.78. The van der Waals surface area contributed by atoms with Crippen molar-refractivity contribution in [1.29, 1.82) is 0 Å². The van der Waals surface area contributed by atoms with Crippen LogP contribution in [0.15, 0.2) is 27.3 Å². The van der Waals surface area contributed by atoms with Crippen LogP contribution >= 0.6 is 34.8 Å². The van der Waals surface area contributed by atoms with Crippen molar-refractivity contribution in [2.75, 3.05) is 13.6 Å². The molecule has 0 aliphatic carbocycles. The number of carbonyl (C=O) groups is 2. The van der Waals surface area contributed by atoms with Crippen molar-refractivity contribution in [3.63, 3.8) is 0 Å². The van der Waals surface area contributed by atoms with Crippen molar-refractivity contribution in [3.8, 4) is 0 Å². The number of urea groups is 1. The summed E-state index contributed by atoms with van der Waals surface area (Å²) in [6, 6.07) is -0.510. The Morgan fingerprint density at radius 2 is 2.00 bits per heavy atom. The molecule has 1 rings (SSSR count). The minimum atomic E-state index is -0.579. The van der Waals surface area contributed by atoms with Crippen molar-refractivity contribution in [2.45, 2.75) is 0 Å². The van der Waals surface area contributed by atoms with E-state index in [2.05, 4.69) is 11.6 Å². The first-order chi connectivity index (χ1) is 7.90. The zero-order chi connectivity index (χ0) is 13.2. The fourth-order valence-electron chi connectivity index (χ4n) is 1.16. The summed E-state index contributed by atoms with van der Waals surface area (Å²) in [4.78, 5) is 29.1. The summed E-state index contributed by atoms with van der Waals surface area (Å²) in [5, 5.41) is -0.256. The van der Waals surface area contributed by atoms with Crippen LogP contribution in [0.3, 0.4) is 0 Å². The maximum Gasteiger partial charge on any atom is 0.332 e. The van der Waals surface area contributed by atoms with Crippen LogP contribution in [-0.4, -0.2) is 41.2 Å². The van der Waals surface area contributed by atoms with Gasteiger partial charge in [0.05, 0.1) is 0 Å². The Kier molecular flexibility index (Phi) is 4.56. The Labute approximate surface area is 113 Å². The van der Waals surface area contributed by atoms with Crippen LogP contribution in [0.4, 0.5) is 4.79 Å². The van der Waals surface area contributed by atoms with Gasteiger partial charge in [0, 0.05) is 13.6 Å². The molecule has 0 N–H and O–H groups in total. The molecule has 0 unspecified atom stereocenters. The Balaban J connectivity index is 3.19. The fraction of sp³-hybridized carbons (Fsp3) is 0.222. The second-order valence-corrected chi connectivity index (χ2v) is 4.34. The number of likely N-dealkylation sites (N-methyl/N-ethyl adjacent to an activating group) is 1. The topological polar surface area (TPSA) is 53.0 Å². The smallest absolute Gasteiger partial charge is 0.269 e. The number of aliphatic imine (C=N–C) groups is 1. The van der Waals surface area contributed by atoms with Gasteiger partial charge in [-0.2, -0.15) is 0 Å². The molecular weight excluding hydrogens is 288 g/mol. The van der Waals surface area contributed by atoms with Gasteiger partial charge in [-0.25, -0.2) is 9.79 Å². The van der Waals surface area contributed by atoms with E-state index in [0.717, 1.165) is 9.80 Å². The molecule has 17 heavy (non-hydrogen) atoms. The Hall–Kier alpha value is -1.04. The molecule has 1 fully saturated rings. The van der Waals surface area contributed by atoms with Crippen LogP contribution in [0.5, 0.6) is 0 Å². The highest BCUT2D eigenvalue weighted by Crippen LogP contribution is 2.21. The Morgan fingerprint density at radius 3 is 2.47 bits per heavy atom. The molecule has 0 atom stereocenters. The first kappa shape index (κ1) is 14.0. The lowest BCUT2D eigenvalue weighted by Crippen LogP contribution is -2.31. The van der Waals surface area contributed by atoms with Gasteiger partial charge in [0.25, 0.3) is 5.91 Å². The summed E-state index contributed by atoms with van der Waals surface area (Å²) in [5.41, 5.74) is 0. The highest BCUT2D eigenvalue weighted by molar-refractivity contribution is 6.59. The van der Waals surface area contributed by atoms with Crippen molar-refractivity contribution in [2.24, 2.45) is 4.99 Å². The van der Waals surface area contributed by atoms with E-state index in [4.69, 9.17) is 34.8 Å². The third-order valence-electron chi connectivity index (χ3n) is 1.94.